The van der Waals surface area contributed by atoms with Crippen molar-refractivity contribution in [1.29, 1.82) is 0 Å². The topological polar surface area (TPSA) is 89.5 Å². The van der Waals surface area contributed by atoms with Gasteiger partial charge in [0.1, 0.15) is 23.3 Å². The van der Waals surface area contributed by atoms with E-state index in [4.69, 9.17) is 9.47 Å². The summed E-state index contributed by atoms with van der Waals surface area (Å²) in [5.41, 5.74) is 0.993. The SMILES string of the molecule is COc1ccccc1C(=O)NC(CCSC)C(=O)Nc1ccc(Oc2ccncc2)cc1. The molecule has 1 heterocycles. The summed E-state index contributed by atoms with van der Waals surface area (Å²) in [6.07, 6.45) is 5.76. The average molecular weight is 452 g/mol. The van der Waals surface area contributed by atoms with Crippen LogP contribution in [0.3, 0.4) is 0 Å². The number of methoxy groups -OCH3 is 1. The third-order valence-electron chi connectivity index (χ3n) is 4.59. The van der Waals surface area contributed by atoms with E-state index in [1.54, 1.807) is 84.8 Å². The minimum absolute atomic E-state index is 0.287. The first-order chi connectivity index (χ1) is 15.6. The van der Waals surface area contributed by atoms with Crippen molar-refractivity contribution in [2.24, 2.45) is 0 Å². The molecule has 0 radical (unpaired) electrons. The zero-order valence-electron chi connectivity index (χ0n) is 17.9. The third-order valence-corrected chi connectivity index (χ3v) is 5.24. The number of nitrogens with one attached hydrogen (secondary N) is 2. The van der Waals surface area contributed by atoms with Gasteiger partial charge in [-0.05, 0) is 67.0 Å². The molecule has 1 unspecified atom stereocenters. The molecule has 7 nitrogen and oxygen atoms in total. The summed E-state index contributed by atoms with van der Waals surface area (Å²) in [5, 5.41) is 5.70. The van der Waals surface area contributed by atoms with Crippen molar-refractivity contribution in [3.8, 4) is 17.2 Å². The van der Waals surface area contributed by atoms with Crippen LogP contribution in [-0.2, 0) is 4.79 Å². The number of nitrogens with zero attached hydrogens (tertiary/aromatic N) is 1. The van der Waals surface area contributed by atoms with Gasteiger partial charge in [-0.25, -0.2) is 0 Å². The normalized spacial score (nSPS) is 11.3. The minimum atomic E-state index is -0.687. The largest absolute Gasteiger partial charge is 0.496 e. The third kappa shape index (κ3) is 6.49. The number of hydrogen-bond donors (Lipinski definition) is 2. The van der Waals surface area contributed by atoms with E-state index in [0.29, 0.717) is 34.9 Å². The van der Waals surface area contributed by atoms with Gasteiger partial charge in [-0.2, -0.15) is 11.8 Å². The summed E-state index contributed by atoms with van der Waals surface area (Å²) in [4.78, 5) is 29.6. The molecular weight excluding hydrogens is 426 g/mol. The number of pyridine rings is 1. The van der Waals surface area contributed by atoms with E-state index in [2.05, 4.69) is 15.6 Å². The number of amides is 2. The van der Waals surface area contributed by atoms with E-state index in [1.807, 2.05) is 6.26 Å². The molecule has 2 aromatic carbocycles. The van der Waals surface area contributed by atoms with Gasteiger partial charge >= 0.3 is 0 Å². The van der Waals surface area contributed by atoms with Crippen LogP contribution in [0.5, 0.6) is 17.2 Å². The van der Waals surface area contributed by atoms with Crippen LogP contribution in [0, 0.1) is 0 Å². The quantitative estimate of drug-likeness (QED) is 0.476. The van der Waals surface area contributed by atoms with Gasteiger partial charge in [0, 0.05) is 18.1 Å². The van der Waals surface area contributed by atoms with Gasteiger partial charge in [0.05, 0.1) is 12.7 Å². The van der Waals surface area contributed by atoms with Gasteiger partial charge in [0.25, 0.3) is 5.91 Å². The Balaban J connectivity index is 1.65. The van der Waals surface area contributed by atoms with Crippen molar-refractivity contribution in [2.45, 2.75) is 12.5 Å². The highest BCUT2D eigenvalue weighted by Gasteiger charge is 2.22. The van der Waals surface area contributed by atoms with E-state index in [9.17, 15) is 9.59 Å². The van der Waals surface area contributed by atoms with Crippen LogP contribution < -0.4 is 20.1 Å². The number of thioether (sulfide) groups is 1. The number of aromatic nitrogens is 1. The average Bonchev–Trinajstić information content (AvgIpc) is 2.83. The number of hydrogen-bond acceptors (Lipinski definition) is 6. The Kier molecular flexibility index (Phi) is 8.51. The highest BCUT2D eigenvalue weighted by atomic mass is 32.2. The number of anilines is 1. The fraction of sp³-hybridized carbons (Fsp3) is 0.208. The van der Waals surface area contributed by atoms with Crippen molar-refractivity contribution in [2.75, 3.05) is 24.4 Å². The molecule has 0 aliphatic carbocycles. The second-order valence-corrected chi connectivity index (χ2v) is 7.79. The second-order valence-electron chi connectivity index (χ2n) is 6.81. The predicted molar refractivity (Wildman–Crippen MR) is 127 cm³/mol. The first-order valence-corrected chi connectivity index (χ1v) is 11.4. The van der Waals surface area contributed by atoms with Crippen LogP contribution in [0.1, 0.15) is 16.8 Å². The molecule has 0 bridgehead atoms. The number of rotatable bonds is 10. The fourth-order valence-electron chi connectivity index (χ4n) is 2.95. The zero-order valence-corrected chi connectivity index (χ0v) is 18.7. The van der Waals surface area contributed by atoms with Crippen LogP contribution in [0.2, 0.25) is 0 Å². The first kappa shape index (κ1) is 23.1. The molecule has 2 amide bonds. The number of ether oxygens (including phenoxy) is 2. The maximum absolute atomic E-state index is 12.9. The lowest BCUT2D eigenvalue weighted by Gasteiger charge is -2.19. The fourth-order valence-corrected chi connectivity index (χ4v) is 3.42. The van der Waals surface area contributed by atoms with Gasteiger partial charge in [-0.1, -0.05) is 12.1 Å². The maximum atomic E-state index is 12.9. The van der Waals surface area contributed by atoms with Crippen molar-refractivity contribution in [1.82, 2.24) is 10.3 Å². The summed E-state index contributed by atoms with van der Waals surface area (Å²) < 4.78 is 11.0. The Morgan fingerprint density at radius 1 is 1.00 bits per heavy atom. The van der Waals surface area contributed by atoms with Gasteiger partial charge in [-0.3, -0.25) is 14.6 Å². The first-order valence-electron chi connectivity index (χ1n) is 10.0. The Labute approximate surface area is 191 Å². The molecule has 1 aromatic heterocycles. The summed E-state index contributed by atoms with van der Waals surface area (Å²) >= 11 is 1.61. The van der Waals surface area contributed by atoms with Crippen LogP contribution >= 0.6 is 11.8 Å². The van der Waals surface area contributed by atoms with Crippen LogP contribution in [0.15, 0.2) is 73.1 Å². The van der Waals surface area contributed by atoms with Gasteiger partial charge in [0.2, 0.25) is 5.91 Å². The monoisotopic (exact) mass is 451 g/mol. The van der Waals surface area contributed by atoms with E-state index < -0.39 is 6.04 Å². The number of para-hydroxylation sites is 1. The molecule has 0 aliphatic heterocycles. The zero-order chi connectivity index (χ0) is 22.8. The van der Waals surface area contributed by atoms with E-state index in [0.717, 1.165) is 5.75 Å². The number of carbonyl (C=O) groups is 2. The van der Waals surface area contributed by atoms with Crippen molar-refractivity contribution < 1.29 is 19.1 Å². The molecule has 8 heteroatoms. The van der Waals surface area contributed by atoms with E-state index in [-0.39, 0.29) is 11.8 Å². The number of benzene rings is 2. The molecule has 0 saturated heterocycles. The molecule has 32 heavy (non-hydrogen) atoms. The molecule has 166 valence electrons. The molecule has 0 fully saturated rings. The smallest absolute Gasteiger partial charge is 0.255 e. The van der Waals surface area contributed by atoms with Gasteiger partial charge in [-0.15, -0.1) is 0 Å². The lowest BCUT2D eigenvalue weighted by atomic mass is 10.1. The molecule has 0 aliphatic rings. The molecule has 0 saturated carbocycles. The van der Waals surface area contributed by atoms with Crippen molar-refractivity contribution in [3.05, 3.63) is 78.6 Å². The summed E-state index contributed by atoms with van der Waals surface area (Å²) in [6, 6.07) is 16.8. The summed E-state index contributed by atoms with van der Waals surface area (Å²) in [7, 11) is 1.51. The van der Waals surface area contributed by atoms with Crippen LogP contribution in [0.25, 0.3) is 0 Å². The highest BCUT2D eigenvalue weighted by molar-refractivity contribution is 7.98. The van der Waals surface area contributed by atoms with Gasteiger partial charge in [0.15, 0.2) is 0 Å². The predicted octanol–water partition coefficient (Wildman–Crippen LogP) is 4.37. The second kappa shape index (κ2) is 11.8. The summed E-state index contributed by atoms with van der Waals surface area (Å²) in [6.45, 7) is 0. The molecule has 0 spiro atoms. The number of carbonyl (C=O) groups excluding carboxylic acids is 2. The van der Waals surface area contributed by atoms with Crippen molar-refractivity contribution >= 4 is 29.3 Å². The standard InChI is InChI=1S/C24H25N3O4S/c1-30-22-6-4-3-5-20(22)23(28)27-21(13-16-32-2)24(29)26-17-7-9-18(10-8-17)31-19-11-14-25-15-12-19/h3-12,14-15,21H,13,16H2,1-2H3,(H,26,29)(H,27,28). The molecular formula is C24H25N3O4S. The summed E-state index contributed by atoms with van der Waals surface area (Å²) in [5.74, 6) is 1.85. The minimum Gasteiger partial charge on any atom is -0.496 e. The molecule has 3 rings (SSSR count). The van der Waals surface area contributed by atoms with Crippen molar-refractivity contribution in [3.63, 3.8) is 0 Å². The van der Waals surface area contributed by atoms with Gasteiger partial charge < -0.3 is 20.1 Å². The van der Waals surface area contributed by atoms with E-state index >= 15 is 0 Å². The Hall–Kier alpha value is -3.52. The molecule has 3 aromatic rings. The molecule has 2 N–H and O–H groups in total. The van der Waals surface area contributed by atoms with E-state index in [1.165, 1.54) is 7.11 Å². The van der Waals surface area contributed by atoms with Crippen LogP contribution in [0.4, 0.5) is 5.69 Å². The Bertz CT molecular complexity index is 1030. The Morgan fingerprint density at radius 3 is 2.38 bits per heavy atom. The van der Waals surface area contributed by atoms with Crippen LogP contribution in [-0.4, -0.2) is 42.0 Å². The highest BCUT2D eigenvalue weighted by Crippen LogP contribution is 2.23. The maximum Gasteiger partial charge on any atom is 0.255 e. The Morgan fingerprint density at radius 2 is 1.69 bits per heavy atom. The lowest BCUT2D eigenvalue weighted by Crippen LogP contribution is -2.44. The molecule has 1 atom stereocenters. The lowest BCUT2D eigenvalue weighted by molar-refractivity contribution is -0.118.